The molecule has 3 aromatic carbocycles. The minimum Gasteiger partial charge on any atom is -0.507 e. The molecule has 0 bridgehead atoms. The van der Waals surface area contributed by atoms with Crippen LogP contribution in [-0.4, -0.2) is 34.5 Å². The molecule has 8 nitrogen and oxygen atoms in total. The summed E-state index contributed by atoms with van der Waals surface area (Å²) >= 11 is 0. The van der Waals surface area contributed by atoms with Crippen molar-refractivity contribution >= 4 is 40.8 Å². The van der Waals surface area contributed by atoms with Crippen molar-refractivity contribution in [1.29, 1.82) is 0 Å². The van der Waals surface area contributed by atoms with E-state index in [0.29, 0.717) is 34.5 Å². The minimum absolute atomic E-state index is 0.0375. The zero-order valence-corrected chi connectivity index (χ0v) is 25.7. The zero-order valence-electron chi connectivity index (χ0n) is 25.7. The fourth-order valence-corrected chi connectivity index (χ4v) is 8.45. The van der Waals surface area contributed by atoms with E-state index in [1.807, 2.05) is 18.2 Å². The Bertz CT molecular complexity index is 1860. The number of para-hydroxylation sites is 2. The molecule has 6 atom stereocenters. The number of anilines is 2. The first-order chi connectivity index (χ1) is 22.1. The van der Waals surface area contributed by atoms with Gasteiger partial charge in [-0.2, -0.15) is 0 Å². The zero-order chi connectivity index (χ0) is 32.5. The van der Waals surface area contributed by atoms with Crippen LogP contribution < -0.4 is 9.80 Å². The molecule has 232 valence electrons. The van der Waals surface area contributed by atoms with Crippen LogP contribution in [0.2, 0.25) is 0 Å². The Morgan fingerprint density at radius 2 is 1.59 bits per heavy atom. The molecule has 0 unspecified atom stereocenters. The van der Waals surface area contributed by atoms with Gasteiger partial charge in [0.1, 0.15) is 5.75 Å². The van der Waals surface area contributed by atoms with E-state index in [-0.39, 0.29) is 48.0 Å². The summed E-state index contributed by atoms with van der Waals surface area (Å²) in [5.74, 6) is -4.83. The maximum atomic E-state index is 14.5. The number of phenols is 1. The molecule has 46 heavy (non-hydrogen) atoms. The normalized spacial score (nSPS) is 28.5. The molecule has 1 saturated carbocycles. The SMILES string of the molecule is C=CCc1cccc([C@H]2C3=CC[C@@H]4C(=O)N(c5ccc(C(C)=O)cc5)C(=O)[C@@H]4[C@@H]3C[C@H]3C(=O)N(c4ccccc4)C(=O)[C@@]23C)c1O. The minimum atomic E-state index is -1.25. The molecule has 4 aliphatic rings. The van der Waals surface area contributed by atoms with Gasteiger partial charge in [-0.25, -0.2) is 4.90 Å². The summed E-state index contributed by atoms with van der Waals surface area (Å²) in [4.78, 5) is 71.2. The third-order valence-corrected chi connectivity index (χ3v) is 10.6. The van der Waals surface area contributed by atoms with Gasteiger partial charge in [0.2, 0.25) is 23.6 Å². The Hall–Kier alpha value is -5.11. The van der Waals surface area contributed by atoms with E-state index in [2.05, 4.69) is 6.58 Å². The number of phenolic OH excluding ortho intramolecular Hbond substituents is 1. The quantitative estimate of drug-likeness (QED) is 0.215. The summed E-state index contributed by atoms with van der Waals surface area (Å²) in [6.45, 7) is 7.07. The summed E-state index contributed by atoms with van der Waals surface area (Å²) in [7, 11) is 0. The lowest BCUT2D eigenvalue weighted by Gasteiger charge is -2.49. The van der Waals surface area contributed by atoms with E-state index in [1.54, 1.807) is 73.7 Å². The Balaban J connectivity index is 1.36. The number of fused-ring (bicyclic) bond motifs is 4. The van der Waals surface area contributed by atoms with Crippen LogP contribution in [0, 0.1) is 29.1 Å². The van der Waals surface area contributed by atoms with Crippen molar-refractivity contribution in [1.82, 2.24) is 0 Å². The van der Waals surface area contributed by atoms with Gasteiger partial charge in [-0.05, 0) is 81.0 Å². The highest BCUT2D eigenvalue weighted by atomic mass is 16.3. The van der Waals surface area contributed by atoms with Gasteiger partial charge in [0.15, 0.2) is 5.78 Å². The second kappa shape index (κ2) is 10.8. The van der Waals surface area contributed by atoms with E-state index in [1.165, 1.54) is 16.7 Å². The van der Waals surface area contributed by atoms with Gasteiger partial charge in [0.25, 0.3) is 0 Å². The summed E-state index contributed by atoms with van der Waals surface area (Å²) in [5.41, 5.74) is 2.06. The highest BCUT2D eigenvalue weighted by Gasteiger charge is 2.68. The van der Waals surface area contributed by atoms with Crippen molar-refractivity contribution < 1.29 is 29.1 Å². The number of ketones is 1. The lowest BCUT2D eigenvalue weighted by atomic mass is 9.51. The first-order valence-corrected chi connectivity index (χ1v) is 15.6. The van der Waals surface area contributed by atoms with Gasteiger partial charge in [-0.15, -0.1) is 6.58 Å². The molecule has 4 amide bonds. The van der Waals surface area contributed by atoms with Crippen LogP contribution in [0.15, 0.2) is 97.1 Å². The Morgan fingerprint density at radius 1 is 0.891 bits per heavy atom. The van der Waals surface area contributed by atoms with Crippen molar-refractivity contribution in [3.63, 3.8) is 0 Å². The molecule has 2 heterocycles. The molecule has 0 radical (unpaired) electrons. The van der Waals surface area contributed by atoms with E-state index >= 15 is 0 Å². The second-order valence-corrected chi connectivity index (χ2v) is 13.0. The summed E-state index contributed by atoms with van der Waals surface area (Å²) in [6.07, 6.45) is 4.58. The lowest BCUT2D eigenvalue weighted by Crippen LogP contribution is -2.49. The van der Waals surface area contributed by atoms with Crippen LogP contribution in [0.5, 0.6) is 5.75 Å². The molecule has 0 aromatic heterocycles. The van der Waals surface area contributed by atoms with Gasteiger partial charge in [-0.3, -0.25) is 28.9 Å². The number of carbonyl (C=O) groups is 5. The third-order valence-electron chi connectivity index (χ3n) is 10.6. The highest BCUT2D eigenvalue weighted by molar-refractivity contribution is 6.25. The number of amides is 4. The van der Waals surface area contributed by atoms with Gasteiger partial charge in [0.05, 0.1) is 34.5 Å². The Labute approximate surface area is 267 Å². The molecule has 3 fully saturated rings. The van der Waals surface area contributed by atoms with Crippen LogP contribution in [0.25, 0.3) is 0 Å². The van der Waals surface area contributed by atoms with Crippen LogP contribution in [0.4, 0.5) is 11.4 Å². The topological polar surface area (TPSA) is 112 Å². The van der Waals surface area contributed by atoms with Crippen LogP contribution in [0.1, 0.15) is 54.1 Å². The molecule has 7 rings (SSSR count). The summed E-state index contributed by atoms with van der Waals surface area (Å²) in [5, 5.41) is 11.6. The van der Waals surface area contributed by atoms with Crippen molar-refractivity contribution in [2.24, 2.45) is 29.1 Å². The summed E-state index contributed by atoms with van der Waals surface area (Å²) < 4.78 is 0. The molecule has 3 aromatic rings. The first kappa shape index (κ1) is 29.6. The largest absolute Gasteiger partial charge is 0.507 e. The number of aromatic hydroxyl groups is 1. The summed E-state index contributed by atoms with van der Waals surface area (Å²) in [6, 6.07) is 20.7. The second-order valence-electron chi connectivity index (χ2n) is 13.0. The number of nitrogens with zero attached hydrogens (tertiary/aromatic N) is 2. The molecule has 2 aliphatic heterocycles. The van der Waals surface area contributed by atoms with E-state index in [9.17, 15) is 29.1 Å². The van der Waals surface area contributed by atoms with Crippen molar-refractivity contribution in [2.75, 3.05) is 9.80 Å². The highest BCUT2D eigenvalue weighted by Crippen LogP contribution is 2.64. The van der Waals surface area contributed by atoms with Crippen LogP contribution >= 0.6 is 0 Å². The van der Waals surface area contributed by atoms with Crippen LogP contribution in [0.3, 0.4) is 0 Å². The van der Waals surface area contributed by atoms with Crippen molar-refractivity contribution in [3.8, 4) is 5.75 Å². The van der Waals surface area contributed by atoms with Gasteiger partial charge < -0.3 is 5.11 Å². The van der Waals surface area contributed by atoms with Gasteiger partial charge in [-0.1, -0.05) is 54.1 Å². The Morgan fingerprint density at radius 3 is 2.26 bits per heavy atom. The smallest absolute Gasteiger partial charge is 0.241 e. The predicted molar refractivity (Wildman–Crippen MR) is 172 cm³/mol. The van der Waals surface area contributed by atoms with E-state index in [4.69, 9.17) is 0 Å². The van der Waals surface area contributed by atoms with Crippen LogP contribution in [-0.2, 0) is 25.6 Å². The lowest BCUT2D eigenvalue weighted by molar-refractivity contribution is -0.131. The molecule has 2 aliphatic carbocycles. The monoisotopic (exact) mass is 614 g/mol. The number of rotatable bonds is 6. The fourth-order valence-electron chi connectivity index (χ4n) is 8.45. The van der Waals surface area contributed by atoms with Crippen molar-refractivity contribution in [3.05, 3.63) is 114 Å². The van der Waals surface area contributed by atoms with Gasteiger partial charge >= 0.3 is 0 Å². The number of imide groups is 2. The molecular weight excluding hydrogens is 580 g/mol. The van der Waals surface area contributed by atoms with Gasteiger partial charge in [0, 0.05) is 17.0 Å². The standard InChI is InChI=1S/C38H34N2O6/c1-4-9-23-10-8-13-28(33(23)42)32-26-18-19-27-31(36(45)39(34(27)43)25-16-14-22(15-17-25)21(2)41)29(26)20-30-35(44)40(37(46)38(30,32)3)24-11-6-5-7-12-24/h4-8,10-18,27,29-32,42H,1,9,19-20H2,2-3H3/t27-,29+,30-,31-,32+,38+/m0/s1. The molecule has 8 heteroatoms. The maximum Gasteiger partial charge on any atom is 0.241 e. The molecule has 2 saturated heterocycles. The third kappa shape index (κ3) is 4.09. The molecule has 0 spiro atoms. The number of Topliss-reactive ketones (excluding diaryl/α,β-unsaturated/α-hetero) is 1. The molecule has 1 N–H and O–H groups in total. The number of carbonyl (C=O) groups excluding carboxylic acids is 5. The number of hydrogen-bond donors (Lipinski definition) is 1. The number of allylic oxidation sites excluding steroid dienone is 3. The Kier molecular flexibility index (Phi) is 6.92. The van der Waals surface area contributed by atoms with E-state index in [0.717, 1.165) is 5.57 Å². The fraction of sp³-hybridized carbons (Fsp3) is 0.289. The average Bonchev–Trinajstić information content (AvgIpc) is 3.42. The predicted octanol–water partition coefficient (Wildman–Crippen LogP) is 5.76. The maximum absolute atomic E-state index is 14.5. The first-order valence-electron chi connectivity index (χ1n) is 15.6. The van der Waals surface area contributed by atoms with E-state index < -0.39 is 35.0 Å². The molecular formula is C38H34N2O6. The number of benzene rings is 3. The average molecular weight is 615 g/mol. The van der Waals surface area contributed by atoms with Crippen molar-refractivity contribution in [2.45, 2.75) is 39.0 Å². The number of hydrogen-bond acceptors (Lipinski definition) is 6.